The lowest BCUT2D eigenvalue weighted by atomic mass is 10.1. The zero-order valence-corrected chi connectivity index (χ0v) is 18.4. The third kappa shape index (κ3) is 4.67. The van der Waals surface area contributed by atoms with Gasteiger partial charge in [-0.1, -0.05) is 23.8 Å². The van der Waals surface area contributed by atoms with Crippen LogP contribution in [0, 0.1) is 6.92 Å². The van der Waals surface area contributed by atoms with Crippen LogP contribution in [0.1, 0.15) is 15.9 Å². The van der Waals surface area contributed by atoms with Crippen molar-refractivity contribution in [2.75, 3.05) is 40.7 Å². The number of pyridine rings is 1. The van der Waals surface area contributed by atoms with Crippen molar-refractivity contribution in [1.29, 1.82) is 0 Å². The number of piperazine rings is 1. The Balaban J connectivity index is 1.52. The van der Waals surface area contributed by atoms with E-state index in [0.717, 1.165) is 11.4 Å². The number of aryl methyl sites for hydroxylation is 1. The molecular weight excluding hydrogens is 428 g/mol. The van der Waals surface area contributed by atoms with E-state index in [9.17, 15) is 18.3 Å². The summed E-state index contributed by atoms with van der Waals surface area (Å²) in [7, 11) is -3.82. The van der Waals surface area contributed by atoms with Gasteiger partial charge in [-0.3, -0.25) is 4.72 Å². The van der Waals surface area contributed by atoms with Crippen molar-refractivity contribution in [3.63, 3.8) is 0 Å². The quantitative estimate of drug-likeness (QED) is 0.592. The molecule has 9 heteroatoms. The number of nitrogens with zero attached hydrogens (tertiary/aromatic N) is 3. The maximum Gasteiger partial charge on any atom is 0.337 e. The van der Waals surface area contributed by atoms with E-state index in [1.54, 1.807) is 30.5 Å². The highest BCUT2D eigenvalue weighted by Crippen LogP contribution is 2.28. The number of rotatable bonds is 6. The third-order valence-electron chi connectivity index (χ3n) is 5.40. The van der Waals surface area contributed by atoms with Crippen LogP contribution in [-0.2, 0) is 10.0 Å². The molecular formula is C23H24N4O4S. The average Bonchev–Trinajstić information content (AvgIpc) is 2.80. The van der Waals surface area contributed by atoms with Crippen LogP contribution >= 0.6 is 0 Å². The second-order valence-electron chi connectivity index (χ2n) is 7.62. The Morgan fingerprint density at radius 3 is 2.28 bits per heavy atom. The van der Waals surface area contributed by atoms with Crippen LogP contribution in [0.5, 0.6) is 0 Å². The van der Waals surface area contributed by atoms with Crippen molar-refractivity contribution in [1.82, 2.24) is 4.98 Å². The summed E-state index contributed by atoms with van der Waals surface area (Å²) in [5.74, 6) is -0.213. The van der Waals surface area contributed by atoms with Crippen LogP contribution in [0.15, 0.2) is 71.8 Å². The minimum atomic E-state index is -3.82. The Labute approximate surface area is 187 Å². The molecule has 1 aliphatic heterocycles. The van der Waals surface area contributed by atoms with Gasteiger partial charge < -0.3 is 14.9 Å². The number of carbonyl (C=O) groups is 1. The topological polar surface area (TPSA) is 103 Å². The van der Waals surface area contributed by atoms with Gasteiger partial charge in [0.05, 0.1) is 16.1 Å². The predicted octanol–water partition coefficient (Wildman–Crippen LogP) is 3.22. The molecule has 2 aromatic carbocycles. The van der Waals surface area contributed by atoms with Crippen LogP contribution in [-0.4, -0.2) is 50.7 Å². The Hall–Kier alpha value is -3.59. The molecule has 4 rings (SSSR count). The first-order valence-electron chi connectivity index (χ1n) is 10.2. The maximum absolute atomic E-state index is 12.7. The summed E-state index contributed by atoms with van der Waals surface area (Å²) in [5, 5.41) is 9.77. The number of aromatic nitrogens is 1. The molecule has 0 bridgehead atoms. The highest BCUT2D eigenvalue weighted by Gasteiger charge is 2.23. The van der Waals surface area contributed by atoms with Crippen molar-refractivity contribution in [2.24, 2.45) is 0 Å². The largest absolute Gasteiger partial charge is 0.478 e. The summed E-state index contributed by atoms with van der Waals surface area (Å²) >= 11 is 0. The van der Waals surface area contributed by atoms with Gasteiger partial charge in [0.15, 0.2) is 0 Å². The molecule has 0 atom stereocenters. The number of carboxylic acid groups (broad SMARTS) is 1. The molecule has 0 saturated carbocycles. The molecule has 1 aromatic heterocycles. The van der Waals surface area contributed by atoms with Gasteiger partial charge in [0.1, 0.15) is 5.82 Å². The second-order valence-corrected chi connectivity index (χ2v) is 9.30. The Kier molecular flexibility index (Phi) is 6.00. The number of hydrogen-bond acceptors (Lipinski definition) is 6. The number of carboxylic acids is 1. The number of hydrogen-bond donors (Lipinski definition) is 2. The van der Waals surface area contributed by atoms with Gasteiger partial charge in [-0.25, -0.2) is 18.2 Å². The fourth-order valence-corrected chi connectivity index (χ4v) is 4.74. The molecule has 1 aliphatic rings. The first kappa shape index (κ1) is 21.6. The van der Waals surface area contributed by atoms with Crippen molar-refractivity contribution in [3.05, 3.63) is 78.0 Å². The Morgan fingerprint density at radius 1 is 0.969 bits per heavy atom. The number of aromatic carboxylic acids is 1. The molecule has 8 nitrogen and oxygen atoms in total. The van der Waals surface area contributed by atoms with Crippen molar-refractivity contribution in [2.45, 2.75) is 11.8 Å². The van der Waals surface area contributed by atoms with Gasteiger partial charge in [0.25, 0.3) is 10.0 Å². The van der Waals surface area contributed by atoms with Crippen LogP contribution in [0.4, 0.5) is 17.2 Å². The van der Waals surface area contributed by atoms with Crippen molar-refractivity contribution < 1.29 is 18.3 Å². The summed E-state index contributed by atoms with van der Waals surface area (Å²) in [6.07, 6.45) is 1.75. The molecule has 0 radical (unpaired) electrons. The lowest BCUT2D eigenvalue weighted by molar-refractivity contribution is 0.0697. The molecule has 32 heavy (non-hydrogen) atoms. The zero-order valence-electron chi connectivity index (χ0n) is 17.6. The molecule has 0 amide bonds. The molecule has 1 fully saturated rings. The van der Waals surface area contributed by atoms with Crippen LogP contribution in [0.3, 0.4) is 0 Å². The standard InChI is InChI=1S/C23H24N4O4S/c1-17-5-8-19(9-6-17)32(30,31)25-18-7-10-21(20(16-18)23(28)29)26-12-14-27(15-13-26)22-4-2-3-11-24-22/h2-11,16,25H,12-15H2,1H3,(H,28,29). The number of benzene rings is 2. The fourth-order valence-electron chi connectivity index (χ4n) is 3.70. The second kappa shape index (κ2) is 8.88. The molecule has 0 aliphatic carbocycles. The smallest absolute Gasteiger partial charge is 0.337 e. The van der Waals surface area contributed by atoms with Crippen LogP contribution in [0.25, 0.3) is 0 Å². The molecule has 2 N–H and O–H groups in total. The van der Waals surface area contributed by atoms with E-state index in [2.05, 4.69) is 14.6 Å². The third-order valence-corrected chi connectivity index (χ3v) is 6.80. The van der Waals surface area contributed by atoms with Crippen LogP contribution in [0.2, 0.25) is 0 Å². The van der Waals surface area contributed by atoms with Gasteiger partial charge in [-0.05, 0) is 49.4 Å². The van der Waals surface area contributed by atoms with Gasteiger partial charge in [-0.15, -0.1) is 0 Å². The first-order chi connectivity index (χ1) is 15.3. The van der Waals surface area contributed by atoms with Gasteiger partial charge >= 0.3 is 5.97 Å². The molecule has 3 aromatic rings. The minimum absolute atomic E-state index is 0.0559. The Bertz CT molecular complexity index is 1210. The highest BCUT2D eigenvalue weighted by molar-refractivity contribution is 7.92. The average molecular weight is 453 g/mol. The summed E-state index contributed by atoms with van der Waals surface area (Å²) < 4.78 is 27.8. The van der Waals surface area contributed by atoms with E-state index in [1.807, 2.05) is 30.0 Å². The SMILES string of the molecule is Cc1ccc(S(=O)(=O)Nc2ccc(N3CCN(c4ccccn4)CC3)c(C(=O)O)c2)cc1. The number of nitrogens with one attached hydrogen (secondary N) is 1. The minimum Gasteiger partial charge on any atom is -0.478 e. The maximum atomic E-state index is 12.7. The van der Waals surface area contributed by atoms with E-state index in [0.29, 0.717) is 31.9 Å². The summed E-state index contributed by atoms with van der Waals surface area (Å²) in [5.41, 5.74) is 1.78. The molecule has 0 unspecified atom stereocenters. The highest BCUT2D eigenvalue weighted by atomic mass is 32.2. The van der Waals surface area contributed by atoms with E-state index in [4.69, 9.17) is 0 Å². The van der Waals surface area contributed by atoms with Crippen molar-refractivity contribution in [3.8, 4) is 0 Å². The summed E-state index contributed by atoms with van der Waals surface area (Å²) in [6, 6.07) is 16.8. The van der Waals surface area contributed by atoms with Crippen LogP contribution < -0.4 is 14.5 Å². The predicted molar refractivity (Wildman–Crippen MR) is 124 cm³/mol. The van der Waals surface area contributed by atoms with Gasteiger partial charge in [0, 0.05) is 38.1 Å². The van der Waals surface area contributed by atoms with Gasteiger partial charge in [-0.2, -0.15) is 0 Å². The van der Waals surface area contributed by atoms with Gasteiger partial charge in [0.2, 0.25) is 0 Å². The lowest BCUT2D eigenvalue weighted by Crippen LogP contribution is -2.47. The van der Waals surface area contributed by atoms with Crippen molar-refractivity contribution >= 4 is 33.2 Å². The Morgan fingerprint density at radius 2 is 1.66 bits per heavy atom. The summed E-state index contributed by atoms with van der Waals surface area (Å²) in [4.78, 5) is 20.6. The molecule has 1 saturated heterocycles. The lowest BCUT2D eigenvalue weighted by Gasteiger charge is -2.37. The fraction of sp³-hybridized carbons (Fsp3) is 0.217. The van der Waals surface area contributed by atoms with E-state index in [1.165, 1.54) is 18.2 Å². The molecule has 2 heterocycles. The normalized spacial score (nSPS) is 14.3. The zero-order chi connectivity index (χ0) is 22.7. The summed E-state index contributed by atoms with van der Waals surface area (Å²) in [6.45, 7) is 4.55. The van der Waals surface area contributed by atoms with E-state index < -0.39 is 16.0 Å². The number of anilines is 3. The molecule has 166 valence electrons. The molecule has 0 spiro atoms. The van der Waals surface area contributed by atoms with E-state index >= 15 is 0 Å². The van der Waals surface area contributed by atoms with E-state index in [-0.39, 0.29) is 16.1 Å². The first-order valence-corrected chi connectivity index (χ1v) is 11.7. The monoisotopic (exact) mass is 452 g/mol. The number of sulfonamides is 1.